The molecule has 1 amide bonds. The monoisotopic (exact) mass is 294 g/mol. The fraction of sp³-hybridized carbons (Fsp3) is 0.688. The van der Waals surface area contributed by atoms with E-state index in [1.165, 1.54) is 11.3 Å². The van der Waals surface area contributed by atoms with Crippen LogP contribution in [-0.4, -0.2) is 42.4 Å². The number of nitrogens with zero attached hydrogens (tertiary/aromatic N) is 2. The van der Waals surface area contributed by atoms with Crippen molar-refractivity contribution in [3.63, 3.8) is 0 Å². The first-order valence-electron chi connectivity index (χ1n) is 7.48. The van der Waals surface area contributed by atoms with Crippen LogP contribution in [0, 0.1) is 11.8 Å². The Morgan fingerprint density at radius 3 is 2.65 bits per heavy atom. The summed E-state index contributed by atoms with van der Waals surface area (Å²) in [5.41, 5.74) is 0. The van der Waals surface area contributed by atoms with E-state index in [9.17, 15) is 4.79 Å². The highest BCUT2D eigenvalue weighted by Gasteiger charge is 2.26. The molecule has 1 aliphatic rings. The lowest BCUT2D eigenvalue weighted by molar-refractivity contribution is -0.135. The van der Waals surface area contributed by atoms with E-state index < -0.39 is 0 Å². The van der Waals surface area contributed by atoms with E-state index in [-0.39, 0.29) is 5.91 Å². The second-order valence-electron chi connectivity index (χ2n) is 6.35. The summed E-state index contributed by atoms with van der Waals surface area (Å²) in [6.07, 6.45) is 1.24. The maximum atomic E-state index is 12.5. The Bertz CT molecular complexity index is 422. The van der Waals surface area contributed by atoms with Crippen molar-refractivity contribution in [2.24, 2.45) is 11.8 Å². The summed E-state index contributed by atoms with van der Waals surface area (Å²) >= 11 is 1.76. The van der Waals surface area contributed by atoms with Crippen molar-refractivity contribution >= 4 is 17.2 Å². The van der Waals surface area contributed by atoms with Crippen LogP contribution in [0.15, 0.2) is 17.5 Å². The summed E-state index contributed by atoms with van der Waals surface area (Å²) in [5.74, 6) is 1.53. The minimum Gasteiger partial charge on any atom is -0.341 e. The predicted molar refractivity (Wildman–Crippen MR) is 84.9 cm³/mol. The molecule has 0 N–H and O–H groups in total. The zero-order chi connectivity index (χ0) is 14.7. The molecular weight excluding hydrogens is 268 g/mol. The molecule has 3 unspecified atom stereocenters. The maximum Gasteiger partial charge on any atom is 0.236 e. The highest BCUT2D eigenvalue weighted by atomic mass is 32.1. The van der Waals surface area contributed by atoms with Crippen LogP contribution < -0.4 is 0 Å². The largest absolute Gasteiger partial charge is 0.341 e. The number of likely N-dealkylation sites (N-methyl/N-ethyl adjacent to an activating group) is 1. The van der Waals surface area contributed by atoms with Crippen LogP contribution in [0.2, 0.25) is 0 Å². The second-order valence-corrected chi connectivity index (χ2v) is 7.33. The third-order valence-corrected chi connectivity index (χ3v) is 5.26. The van der Waals surface area contributed by atoms with Gasteiger partial charge in [0.25, 0.3) is 0 Å². The molecular formula is C16H26N2OS. The first-order chi connectivity index (χ1) is 9.47. The predicted octanol–water partition coefficient (Wildman–Crippen LogP) is 3.25. The molecule has 0 spiro atoms. The second kappa shape index (κ2) is 6.72. The number of carbonyl (C=O) groups is 1. The van der Waals surface area contributed by atoms with Gasteiger partial charge in [-0.05, 0) is 43.7 Å². The van der Waals surface area contributed by atoms with Crippen LogP contribution in [0.3, 0.4) is 0 Å². The molecule has 112 valence electrons. The zero-order valence-electron chi connectivity index (χ0n) is 13.0. The van der Waals surface area contributed by atoms with Crippen molar-refractivity contribution < 1.29 is 4.79 Å². The van der Waals surface area contributed by atoms with Gasteiger partial charge in [0.2, 0.25) is 5.91 Å². The van der Waals surface area contributed by atoms with Crippen LogP contribution in [0.5, 0.6) is 0 Å². The van der Waals surface area contributed by atoms with Crippen LogP contribution in [-0.2, 0) is 4.79 Å². The van der Waals surface area contributed by atoms with Gasteiger partial charge in [-0.3, -0.25) is 9.69 Å². The zero-order valence-corrected chi connectivity index (χ0v) is 13.8. The minimum atomic E-state index is 0.273. The molecule has 1 fully saturated rings. The molecule has 0 aromatic carbocycles. The van der Waals surface area contributed by atoms with Crippen molar-refractivity contribution in [3.05, 3.63) is 22.4 Å². The average molecular weight is 294 g/mol. The van der Waals surface area contributed by atoms with E-state index in [1.807, 2.05) is 7.05 Å². The molecule has 3 nitrogen and oxygen atoms in total. The number of rotatable bonds is 4. The van der Waals surface area contributed by atoms with E-state index in [0.717, 1.165) is 13.1 Å². The van der Waals surface area contributed by atoms with E-state index in [0.29, 0.717) is 24.4 Å². The van der Waals surface area contributed by atoms with Gasteiger partial charge < -0.3 is 4.90 Å². The summed E-state index contributed by atoms with van der Waals surface area (Å²) in [7, 11) is 2.04. The van der Waals surface area contributed by atoms with Gasteiger partial charge in [-0.15, -0.1) is 11.3 Å². The Morgan fingerprint density at radius 2 is 2.10 bits per heavy atom. The Kier molecular flexibility index (Phi) is 5.22. The van der Waals surface area contributed by atoms with E-state index in [2.05, 4.69) is 48.1 Å². The SMILES string of the molecule is CC1CC(C)CN(C(=O)CN(C)C(C)c2cccs2)C1. The van der Waals surface area contributed by atoms with Crippen LogP contribution >= 0.6 is 11.3 Å². The first kappa shape index (κ1) is 15.5. The molecule has 1 saturated heterocycles. The van der Waals surface area contributed by atoms with Crippen LogP contribution in [0.1, 0.15) is 38.1 Å². The number of piperidine rings is 1. The summed E-state index contributed by atoms with van der Waals surface area (Å²) in [5, 5.41) is 2.09. The van der Waals surface area contributed by atoms with Crippen molar-refractivity contribution in [2.75, 3.05) is 26.7 Å². The van der Waals surface area contributed by atoms with Gasteiger partial charge in [-0.25, -0.2) is 0 Å². The molecule has 1 aromatic heterocycles. The quantitative estimate of drug-likeness (QED) is 0.851. The number of hydrogen-bond donors (Lipinski definition) is 0. The summed E-state index contributed by atoms with van der Waals surface area (Å²) in [4.78, 5) is 18.0. The molecule has 3 atom stereocenters. The van der Waals surface area contributed by atoms with E-state index in [1.54, 1.807) is 11.3 Å². The van der Waals surface area contributed by atoms with E-state index in [4.69, 9.17) is 0 Å². The molecule has 4 heteroatoms. The molecule has 20 heavy (non-hydrogen) atoms. The molecule has 1 aliphatic heterocycles. The number of hydrogen-bond acceptors (Lipinski definition) is 3. The minimum absolute atomic E-state index is 0.273. The Balaban J connectivity index is 1.90. The molecule has 0 bridgehead atoms. The van der Waals surface area contributed by atoms with Crippen molar-refractivity contribution in [2.45, 2.75) is 33.2 Å². The van der Waals surface area contributed by atoms with Gasteiger partial charge >= 0.3 is 0 Å². The highest BCUT2D eigenvalue weighted by molar-refractivity contribution is 7.10. The van der Waals surface area contributed by atoms with Gasteiger partial charge in [-0.1, -0.05) is 19.9 Å². The number of carbonyl (C=O) groups excluding carboxylic acids is 1. The lowest BCUT2D eigenvalue weighted by Crippen LogP contribution is -2.46. The van der Waals surface area contributed by atoms with Crippen LogP contribution in [0.25, 0.3) is 0 Å². The standard InChI is InChI=1S/C16H26N2OS/c1-12-8-13(2)10-18(9-12)16(19)11-17(4)14(3)15-6-5-7-20-15/h5-7,12-14H,8-11H2,1-4H3. The van der Waals surface area contributed by atoms with Crippen LogP contribution in [0.4, 0.5) is 0 Å². The molecule has 2 heterocycles. The Hall–Kier alpha value is -0.870. The fourth-order valence-electron chi connectivity index (χ4n) is 3.06. The highest BCUT2D eigenvalue weighted by Crippen LogP contribution is 2.24. The lowest BCUT2D eigenvalue weighted by atomic mass is 9.92. The molecule has 0 aliphatic carbocycles. The third kappa shape index (κ3) is 3.83. The van der Waals surface area contributed by atoms with E-state index >= 15 is 0 Å². The maximum absolute atomic E-state index is 12.5. The van der Waals surface area contributed by atoms with Gasteiger partial charge in [0.05, 0.1) is 6.54 Å². The number of thiophene rings is 1. The lowest BCUT2D eigenvalue weighted by Gasteiger charge is -2.36. The normalized spacial score (nSPS) is 24.9. The van der Waals surface area contributed by atoms with Gasteiger partial charge in [-0.2, -0.15) is 0 Å². The molecule has 1 aromatic rings. The third-order valence-electron chi connectivity index (χ3n) is 4.22. The van der Waals surface area contributed by atoms with Crippen molar-refractivity contribution in [1.82, 2.24) is 9.80 Å². The topological polar surface area (TPSA) is 23.6 Å². The summed E-state index contributed by atoms with van der Waals surface area (Å²) in [6.45, 7) is 9.01. The first-order valence-corrected chi connectivity index (χ1v) is 8.36. The van der Waals surface area contributed by atoms with Crippen molar-refractivity contribution in [1.29, 1.82) is 0 Å². The number of amides is 1. The fourth-order valence-corrected chi connectivity index (χ4v) is 3.91. The van der Waals surface area contributed by atoms with Gasteiger partial charge in [0.1, 0.15) is 0 Å². The molecule has 2 rings (SSSR count). The average Bonchev–Trinajstić information content (AvgIpc) is 2.90. The van der Waals surface area contributed by atoms with Crippen molar-refractivity contribution in [3.8, 4) is 0 Å². The number of likely N-dealkylation sites (tertiary alicyclic amines) is 1. The molecule has 0 saturated carbocycles. The molecule has 0 radical (unpaired) electrons. The van der Waals surface area contributed by atoms with Gasteiger partial charge in [0.15, 0.2) is 0 Å². The Labute approximate surface area is 126 Å². The summed E-state index contributed by atoms with van der Waals surface area (Å²) in [6, 6.07) is 4.51. The Morgan fingerprint density at radius 1 is 1.45 bits per heavy atom. The summed E-state index contributed by atoms with van der Waals surface area (Å²) < 4.78 is 0. The van der Waals surface area contributed by atoms with Gasteiger partial charge in [0, 0.05) is 24.0 Å². The smallest absolute Gasteiger partial charge is 0.236 e.